The first-order valence-electron chi connectivity index (χ1n) is 6.53. The molecule has 1 atom stereocenters. The van der Waals surface area contributed by atoms with Gasteiger partial charge < -0.3 is 5.11 Å². The topological polar surface area (TPSA) is 20.2 Å². The summed E-state index contributed by atoms with van der Waals surface area (Å²) in [6.45, 7) is 2.15. The average Bonchev–Trinajstić information content (AvgIpc) is 2.81. The van der Waals surface area contributed by atoms with Crippen LogP contribution in [0, 0.1) is 0 Å². The van der Waals surface area contributed by atoms with E-state index in [0.29, 0.717) is 0 Å². The smallest absolute Gasteiger partial charge is 0.0636 e. The molecular formula is C15H22O. The lowest BCUT2D eigenvalue weighted by Crippen LogP contribution is -2.36. The molecule has 0 heterocycles. The molecule has 1 saturated carbocycles. The van der Waals surface area contributed by atoms with Gasteiger partial charge in [-0.05, 0) is 24.8 Å². The van der Waals surface area contributed by atoms with E-state index in [1.165, 1.54) is 18.4 Å². The van der Waals surface area contributed by atoms with Crippen molar-refractivity contribution >= 4 is 0 Å². The van der Waals surface area contributed by atoms with Gasteiger partial charge in [0, 0.05) is 5.41 Å². The third-order valence-corrected chi connectivity index (χ3v) is 4.04. The highest BCUT2D eigenvalue weighted by molar-refractivity contribution is 5.28. The summed E-state index contributed by atoms with van der Waals surface area (Å²) in [5.74, 6) is 0. The fraction of sp³-hybridized carbons (Fsp3) is 0.600. The van der Waals surface area contributed by atoms with E-state index in [2.05, 4.69) is 37.3 Å². The van der Waals surface area contributed by atoms with Crippen molar-refractivity contribution in [2.24, 2.45) is 0 Å². The predicted octanol–water partition coefficient (Wildman–Crippen LogP) is 3.66. The molecule has 0 bridgehead atoms. The Bertz CT molecular complexity index is 311. The van der Waals surface area contributed by atoms with Gasteiger partial charge in [-0.3, -0.25) is 0 Å². The van der Waals surface area contributed by atoms with Crippen LogP contribution in [-0.2, 0) is 5.41 Å². The maximum atomic E-state index is 10.5. The minimum atomic E-state index is -0.164. The number of benzene rings is 1. The van der Waals surface area contributed by atoms with Crippen LogP contribution in [0.2, 0.25) is 0 Å². The summed E-state index contributed by atoms with van der Waals surface area (Å²) in [6.07, 6.45) is 6.65. The van der Waals surface area contributed by atoms with Crippen LogP contribution in [0.3, 0.4) is 0 Å². The molecule has 0 amide bonds. The molecule has 0 aliphatic heterocycles. The Kier molecular flexibility index (Phi) is 3.65. The largest absolute Gasteiger partial charge is 0.392 e. The number of aliphatic hydroxyl groups is 1. The second kappa shape index (κ2) is 5.01. The monoisotopic (exact) mass is 218 g/mol. The summed E-state index contributed by atoms with van der Waals surface area (Å²) in [5, 5.41) is 10.5. The number of aliphatic hydroxyl groups excluding tert-OH is 1. The van der Waals surface area contributed by atoms with Gasteiger partial charge in [0.1, 0.15) is 0 Å². The first-order valence-corrected chi connectivity index (χ1v) is 6.53. The van der Waals surface area contributed by atoms with Gasteiger partial charge in [-0.15, -0.1) is 0 Å². The van der Waals surface area contributed by atoms with E-state index in [0.717, 1.165) is 25.7 Å². The van der Waals surface area contributed by atoms with Crippen LogP contribution in [0.4, 0.5) is 0 Å². The first kappa shape index (κ1) is 11.7. The highest BCUT2D eigenvalue weighted by Crippen LogP contribution is 2.44. The lowest BCUT2D eigenvalue weighted by Gasteiger charge is -2.35. The van der Waals surface area contributed by atoms with Crippen LogP contribution in [-0.4, -0.2) is 11.2 Å². The molecule has 1 aliphatic carbocycles. The van der Waals surface area contributed by atoms with Crippen molar-refractivity contribution in [1.82, 2.24) is 0 Å². The van der Waals surface area contributed by atoms with Crippen molar-refractivity contribution in [3.05, 3.63) is 35.9 Å². The lowest BCUT2D eigenvalue weighted by molar-refractivity contribution is 0.0737. The molecule has 0 saturated heterocycles. The molecular weight excluding hydrogens is 196 g/mol. The summed E-state index contributed by atoms with van der Waals surface area (Å²) in [5.41, 5.74) is 1.39. The fourth-order valence-electron chi connectivity index (χ4n) is 3.14. The molecule has 1 heteroatoms. The molecule has 1 N–H and O–H groups in total. The van der Waals surface area contributed by atoms with Gasteiger partial charge in [0.25, 0.3) is 0 Å². The van der Waals surface area contributed by atoms with E-state index in [9.17, 15) is 5.11 Å². The molecule has 0 aromatic heterocycles. The summed E-state index contributed by atoms with van der Waals surface area (Å²) in [7, 11) is 0. The van der Waals surface area contributed by atoms with Gasteiger partial charge in [0.15, 0.2) is 0 Å². The first-order chi connectivity index (χ1) is 7.79. The van der Waals surface area contributed by atoms with Crippen molar-refractivity contribution in [3.8, 4) is 0 Å². The highest BCUT2D eigenvalue weighted by Gasteiger charge is 2.41. The van der Waals surface area contributed by atoms with Gasteiger partial charge >= 0.3 is 0 Å². The zero-order valence-electron chi connectivity index (χ0n) is 10.2. The van der Waals surface area contributed by atoms with E-state index in [-0.39, 0.29) is 11.5 Å². The molecule has 1 fully saturated rings. The molecule has 0 radical (unpaired) electrons. The lowest BCUT2D eigenvalue weighted by atomic mass is 9.73. The fourth-order valence-corrected chi connectivity index (χ4v) is 3.14. The van der Waals surface area contributed by atoms with Crippen LogP contribution in [0.5, 0.6) is 0 Å². The highest BCUT2D eigenvalue weighted by atomic mass is 16.3. The molecule has 1 aromatic carbocycles. The van der Waals surface area contributed by atoms with Gasteiger partial charge in [-0.2, -0.15) is 0 Å². The minimum Gasteiger partial charge on any atom is -0.392 e. The van der Waals surface area contributed by atoms with Gasteiger partial charge in [-0.25, -0.2) is 0 Å². The SMILES string of the molecule is CCC[C@H](O)C1(c2ccccc2)CCCC1. The molecule has 1 aromatic rings. The van der Waals surface area contributed by atoms with Crippen LogP contribution in [0.15, 0.2) is 30.3 Å². The van der Waals surface area contributed by atoms with Crippen LogP contribution in [0.1, 0.15) is 51.0 Å². The minimum absolute atomic E-state index is 0.0528. The molecule has 16 heavy (non-hydrogen) atoms. The second-order valence-corrected chi connectivity index (χ2v) is 5.03. The number of rotatable bonds is 4. The third-order valence-electron chi connectivity index (χ3n) is 4.04. The summed E-state index contributed by atoms with van der Waals surface area (Å²) in [6, 6.07) is 10.6. The zero-order chi connectivity index (χ0) is 11.4. The third kappa shape index (κ3) is 2.01. The molecule has 1 aliphatic rings. The molecule has 0 spiro atoms. The standard InChI is InChI=1S/C15H22O/c1-2-8-14(16)15(11-6-7-12-15)13-9-4-3-5-10-13/h3-5,9-10,14,16H,2,6-8,11-12H2,1H3/t14-/m0/s1. The Hall–Kier alpha value is -0.820. The Labute approximate surface area is 98.5 Å². The molecule has 2 rings (SSSR count). The average molecular weight is 218 g/mol. The van der Waals surface area contributed by atoms with E-state index in [1.54, 1.807) is 0 Å². The van der Waals surface area contributed by atoms with E-state index >= 15 is 0 Å². The maximum absolute atomic E-state index is 10.5. The number of hydrogen-bond donors (Lipinski definition) is 1. The molecule has 88 valence electrons. The predicted molar refractivity (Wildman–Crippen MR) is 67.5 cm³/mol. The quantitative estimate of drug-likeness (QED) is 0.817. The molecule has 1 nitrogen and oxygen atoms in total. The Morgan fingerprint density at radius 1 is 1.19 bits per heavy atom. The van der Waals surface area contributed by atoms with Crippen LogP contribution >= 0.6 is 0 Å². The van der Waals surface area contributed by atoms with Crippen molar-refractivity contribution in [3.63, 3.8) is 0 Å². The maximum Gasteiger partial charge on any atom is 0.0636 e. The van der Waals surface area contributed by atoms with Crippen molar-refractivity contribution < 1.29 is 5.11 Å². The summed E-state index contributed by atoms with van der Waals surface area (Å²) in [4.78, 5) is 0. The Balaban J connectivity index is 2.28. The summed E-state index contributed by atoms with van der Waals surface area (Å²) < 4.78 is 0. The number of hydrogen-bond acceptors (Lipinski definition) is 1. The van der Waals surface area contributed by atoms with E-state index in [4.69, 9.17) is 0 Å². The zero-order valence-corrected chi connectivity index (χ0v) is 10.2. The Morgan fingerprint density at radius 2 is 1.81 bits per heavy atom. The second-order valence-electron chi connectivity index (χ2n) is 5.03. The van der Waals surface area contributed by atoms with Crippen molar-refractivity contribution in [1.29, 1.82) is 0 Å². The Morgan fingerprint density at radius 3 is 2.38 bits per heavy atom. The summed E-state index contributed by atoms with van der Waals surface area (Å²) >= 11 is 0. The van der Waals surface area contributed by atoms with Gasteiger partial charge in [0.05, 0.1) is 6.10 Å². The van der Waals surface area contributed by atoms with Crippen LogP contribution in [0.25, 0.3) is 0 Å². The van der Waals surface area contributed by atoms with Gasteiger partial charge in [-0.1, -0.05) is 56.5 Å². The molecule has 0 unspecified atom stereocenters. The normalized spacial score (nSPS) is 20.9. The van der Waals surface area contributed by atoms with Crippen molar-refractivity contribution in [2.75, 3.05) is 0 Å². The van der Waals surface area contributed by atoms with E-state index in [1.807, 2.05) is 0 Å². The van der Waals surface area contributed by atoms with Gasteiger partial charge in [0.2, 0.25) is 0 Å². The van der Waals surface area contributed by atoms with Crippen molar-refractivity contribution in [2.45, 2.75) is 57.0 Å². The van der Waals surface area contributed by atoms with E-state index < -0.39 is 0 Å². The van der Waals surface area contributed by atoms with Crippen LogP contribution < -0.4 is 0 Å².